The summed E-state index contributed by atoms with van der Waals surface area (Å²) in [6.45, 7) is 0.479. The predicted molar refractivity (Wildman–Crippen MR) is 77.4 cm³/mol. The summed E-state index contributed by atoms with van der Waals surface area (Å²) in [5.74, 6) is -0.221. The van der Waals surface area contributed by atoms with E-state index in [9.17, 15) is 9.59 Å². The molecule has 0 radical (unpaired) electrons. The van der Waals surface area contributed by atoms with Crippen LogP contribution in [-0.4, -0.2) is 41.5 Å². The molecule has 0 bridgehead atoms. The van der Waals surface area contributed by atoms with Gasteiger partial charge >= 0.3 is 0 Å². The zero-order valence-corrected chi connectivity index (χ0v) is 12.2. The van der Waals surface area contributed by atoms with Crippen LogP contribution in [0.1, 0.15) is 18.4 Å². The molecule has 20 heavy (non-hydrogen) atoms. The van der Waals surface area contributed by atoms with Gasteiger partial charge in [-0.1, -0.05) is 23.7 Å². The molecule has 0 saturated heterocycles. The van der Waals surface area contributed by atoms with Gasteiger partial charge in [0, 0.05) is 38.5 Å². The molecule has 0 N–H and O–H groups in total. The van der Waals surface area contributed by atoms with Crippen molar-refractivity contribution in [1.82, 2.24) is 9.91 Å². The first kappa shape index (κ1) is 14.5. The molecule has 0 unspecified atom stereocenters. The van der Waals surface area contributed by atoms with Gasteiger partial charge in [-0.25, -0.2) is 5.01 Å². The minimum atomic E-state index is -0.153. The number of hydrazone groups is 1. The molecule has 0 atom stereocenters. The second-order valence-electron chi connectivity index (χ2n) is 4.75. The Labute approximate surface area is 122 Å². The van der Waals surface area contributed by atoms with Crippen molar-refractivity contribution in [2.75, 3.05) is 14.1 Å². The summed E-state index contributed by atoms with van der Waals surface area (Å²) in [7, 11) is 3.28. The molecule has 1 aliphatic heterocycles. The highest BCUT2D eigenvalue weighted by Crippen LogP contribution is 2.13. The van der Waals surface area contributed by atoms with Crippen molar-refractivity contribution in [2.45, 2.75) is 19.4 Å². The fraction of sp³-hybridized carbons (Fsp3) is 0.357. The molecule has 2 amide bonds. The molecule has 0 spiro atoms. The fourth-order valence-electron chi connectivity index (χ4n) is 1.98. The number of hydrogen-bond acceptors (Lipinski definition) is 3. The van der Waals surface area contributed by atoms with Crippen molar-refractivity contribution in [3.63, 3.8) is 0 Å². The highest BCUT2D eigenvalue weighted by molar-refractivity contribution is 6.39. The van der Waals surface area contributed by atoms with E-state index < -0.39 is 0 Å². The molecule has 1 aromatic rings. The number of amides is 2. The number of carbonyl (C=O) groups is 2. The molecule has 0 saturated carbocycles. The van der Waals surface area contributed by atoms with Gasteiger partial charge in [0.25, 0.3) is 5.91 Å². The highest BCUT2D eigenvalue weighted by Gasteiger charge is 2.24. The summed E-state index contributed by atoms with van der Waals surface area (Å²) in [5, 5.41) is 5.92. The summed E-state index contributed by atoms with van der Waals surface area (Å²) in [6, 6.07) is 7.34. The van der Waals surface area contributed by atoms with Crippen LogP contribution >= 0.6 is 11.6 Å². The largest absolute Gasteiger partial charge is 0.336 e. The second-order valence-corrected chi connectivity index (χ2v) is 5.19. The normalized spacial score (nSPS) is 15.1. The van der Waals surface area contributed by atoms with Crippen molar-refractivity contribution in [3.05, 3.63) is 34.9 Å². The summed E-state index contributed by atoms with van der Waals surface area (Å²) in [4.78, 5) is 25.2. The number of benzene rings is 1. The van der Waals surface area contributed by atoms with Gasteiger partial charge in [-0.15, -0.1) is 0 Å². The molecule has 5 nitrogen and oxygen atoms in total. The molecule has 1 aliphatic rings. The molecule has 0 aliphatic carbocycles. The van der Waals surface area contributed by atoms with Gasteiger partial charge in [-0.3, -0.25) is 9.59 Å². The van der Waals surface area contributed by atoms with Crippen LogP contribution in [0.2, 0.25) is 5.02 Å². The quantitative estimate of drug-likeness (QED) is 0.855. The summed E-state index contributed by atoms with van der Waals surface area (Å²) in [6.07, 6.45) is 0.725. The number of rotatable bonds is 3. The first-order chi connectivity index (χ1) is 9.47. The number of hydrogen-bond donors (Lipinski definition) is 0. The van der Waals surface area contributed by atoms with Crippen LogP contribution in [0.5, 0.6) is 0 Å². The number of nitrogens with zero attached hydrogens (tertiary/aromatic N) is 3. The Bertz CT molecular complexity index is 554. The molecule has 1 heterocycles. The SMILES string of the molecule is CN(Cc1ccc(Cl)cc1)C(=O)C1=NN(C)C(=O)CC1. The van der Waals surface area contributed by atoms with E-state index in [-0.39, 0.29) is 11.8 Å². The lowest BCUT2D eigenvalue weighted by molar-refractivity contribution is -0.130. The van der Waals surface area contributed by atoms with Gasteiger partial charge in [0.05, 0.1) is 0 Å². The second kappa shape index (κ2) is 6.05. The third-order valence-electron chi connectivity index (χ3n) is 3.13. The topological polar surface area (TPSA) is 53.0 Å². The van der Waals surface area contributed by atoms with E-state index >= 15 is 0 Å². The average Bonchev–Trinajstić information content (AvgIpc) is 2.43. The van der Waals surface area contributed by atoms with E-state index in [2.05, 4.69) is 5.10 Å². The van der Waals surface area contributed by atoms with E-state index in [1.165, 1.54) is 5.01 Å². The first-order valence-electron chi connectivity index (χ1n) is 6.31. The van der Waals surface area contributed by atoms with Crippen LogP contribution in [0.15, 0.2) is 29.4 Å². The van der Waals surface area contributed by atoms with Crippen LogP contribution < -0.4 is 0 Å². The summed E-state index contributed by atoms with van der Waals surface area (Å²) in [5.41, 5.74) is 1.41. The van der Waals surface area contributed by atoms with Crippen molar-refractivity contribution >= 4 is 29.1 Å². The Hall–Kier alpha value is -1.88. The smallest absolute Gasteiger partial charge is 0.270 e. The first-order valence-corrected chi connectivity index (χ1v) is 6.69. The van der Waals surface area contributed by atoms with Gasteiger partial charge in [0.2, 0.25) is 5.91 Å². The lowest BCUT2D eigenvalue weighted by Crippen LogP contribution is -2.38. The molecule has 1 aromatic carbocycles. The van der Waals surface area contributed by atoms with Crippen molar-refractivity contribution in [2.24, 2.45) is 5.10 Å². The Balaban J connectivity index is 2.04. The van der Waals surface area contributed by atoms with Crippen LogP contribution in [0.25, 0.3) is 0 Å². The maximum atomic E-state index is 12.3. The average molecular weight is 294 g/mol. The molecular weight excluding hydrogens is 278 g/mol. The maximum Gasteiger partial charge on any atom is 0.270 e. The van der Waals surface area contributed by atoms with Gasteiger partial charge in [0.15, 0.2) is 0 Å². The Morgan fingerprint density at radius 3 is 2.60 bits per heavy atom. The molecule has 106 valence electrons. The summed E-state index contributed by atoms with van der Waals surface area (Å²) < 4.78 is 0. The number of carbonyl (C=O) groups excluding carboxylic acids is 2. The molecular formula is C14H16ClN3O2. The summed E-state index contributed by atoms with van der Waals surface area (Å²) >= 11 is 5.83. The van der Waals surface area contributed by atoms with Crippen LogP contribution in [0.4, 0.5) is 0 Å². The molecule has 6 heteroatoms. The van der Waals surface area contributed by atoms with Crippen molar-refractivity contribution in [1.29, 1.82) is 0 Å². The Morgan fingerprint density at radius 1 is 1.35 bits per heavy atom. The van der Waals surface area contributed by atoms with E-state index in [1.807, 2.05) is 12.1 Å². The van der Waals surface area contributed by atoms with E-state index in [1.54, 1.807) is 31.1 Å². The van der Waals surface area contributed by atoms with Crippen molar-refractivity contribution < 1.29 is 9.59 Å². The Morgan fingerprint density at radius 2 is 2.00 bits per heavy atom. The minimum Gasteiger partial charge on any atom is -0.336 e. The van der Waals surface area contributed by atoms with E-state index in [0.29, 0.717) is 30.1 Å². The predicted octanol–water partition coefficient (Wildman–Crippen LogP) is 1.91. The van der Waals surface area contributed by atoms with Gasteiger partial charge in [0.1, 0.15) is 5.71 Å². The van der Waals surface area contributed by atoms with Gasteiger partial charge in [-0.2, -0.15) is 5.10 Å². The Kier molecular flexibility index (Phi) is 4.39. The zero-order chi connectivity index (χ0) is 14.7. The fourth-order valence-corrected chi connectivity index (χ4v) is 2.11. The maximum absolute atomic E-state index is 12.3. The van der Waals surface area contributed by atoms with Gasteiger partial charge < -0.3 is 4.90 Å². The zero-order valence-electron chi connectivity index (χ0n) is 11.5. The molecule has 0 aromatic heterocycles. The monoisotopic (exact) mass is 293 g/mol. The van der Waals surface area contributed by atoms with Crippen LogP contribution in [-0.2, 0) is 16.1 Å². The molecule has 2 rings (SSSR count). The minimum absolute atomic E-state index is 0.0677. The van der Waals surface area contributed by atoms with E-state index in [4.69, 9.17) is 11.6 Å². The van der Waals surface area contributed by atoms with Crippen LogP contribution in [0, 0.1) is 0 Å². The number of halogens is 1. The standard InChI is InChI=1S/C14H16ClN3O2/c1-17(9-10-3-5-11(15)6-4-10)14(20)12-7-8-13(19)18(2)16-12/h3-6H,7-9H2,1-2H3. The van der Waals surface area contributed by atoms with E-state index in [0.717, 1.165) is 5.56 Å². The third kappa shape index (κ3) is 3.36. The third-order valence-corrected chi connectivity index (χ3v) is 3.39. The highest BCUT2D eigenvalue weighted by atomic mass is 35.5. The van der Waals surface area contributed by atoms with Crippen molar-refractivity contribution in [3.8, 4) is 0 Å². The molecule has 0 fully saturated rings. The van der Waals surface area contributed by atoms with Crippen LogP contribution in [0.3, 0.4) is 0 Å². The lowest BCUT2D eigenvalue weighted by Gasteiger charge is -2.23. The lowest BCUT2D eigenvalue weighted by atomic mass is 10.1. The van der Waals surface area contributed by atoms with Gasteiger partial charge in [-0.05, 0) is 17.7 Å².